The Hall–Kier alpha value is -3.48. The summed E-state index contributed by atoms with van der Waals surface area (Å²) in [6.07, 6.45) is 1.40. The summed E-state index contributed by atoms with van der Waals surface area (Å²) in [6.45, 7) is 0. The van der Waals surface area contributed by atoms with Crippen molar-refractivity contribution in [1.82, 2.24) is 0 Å². The van der Waals surface area contributed by atoms with Crippen molar-refractivity contribution in [1.29, 1.82) is 0 Å². The van der Waals surface area contributed by atoms with Crippen molar-refractivity contribution < 1.29 is 19.1 Å². The van der Waals surface area contributed by atoms with Gasteiger partial charge in [0.25, 0.3) is 11.8 Å². The molecule has 0 fully saturated rings. The van der Waals surface area contributed by atoms with Crippen LogP contribution in [0, 0.1) is 0 Å². The van der Waals surface area contributed by atoms with E-state index in [-0.39, 0.29) is 5.57 Å². The van der Waals surface area contributed by atoms with Gasteiger partial charge >= 0.3 is 0 Å². The van der Waals surface area contributed by atoms with Crippen LogP contribution in [-0.4, -0.2) is 26.0 Å². The summed E-state index contributed by atoms with van der Waals surface area (Å²) in [4.78, 5) is 26.3. The number of ether oxygens (including phenoxy) is 2. The minimum absolute atomic E-state index is 0.175. The number of hydrogen-bond donors (Lipinski definition) is 2. The van der Waals surface area contributed by atoms with Crippen LogP contribution in [0.3, 0.4) is 0 Å². The molecule has 0 radical (unpaired) electrons. The zero-order valence-corrected chi connectivity index (χ0v) is 18.8. The molecule has 3 rings (SSSR count). The summed E-state index contributed by atoms with van der Waals surface area (Å²) in [5, 5.41) is 6.16. The summed E-state index contributed by atoms with van der Waals surface area (Å²) in [5.41, 5.74) is 1.11. The molecule has 32 heavy (non-hydrogen) atoms. The average Bonchev–Trinajstić information content (AvgIpc) is 2.79. The van der Waals surface area contributed by atoms with Crippen molar-refractivity contribution in [2.45, 2.75) is 0 Å². The zero-order valence-electron chi connectivity index (χ0n) is 17.3. The van der Waals surface area contributed by atoms with Gasteiger partial charge in [-0.2, -0.15) is 0 Å². The van der Waals surface area contributed by atoms with Crippen LogP contribution in [0.25, 0.3) is 6.08 Å². The number of nitrogens with one attached hydrogen (secondary N) is 2. The van der Waals surface area contributed by atoms with Gasteiger partial charge in [0.2, 0.25) is 0 Å². The van der Waals surface area contributed by atoms with Gasteiger partial charge in [-0.15, -0.1) is 0 Å². The third-order valence-corrected chi connectivity index (χ3v) is 5.02. The van der Waals surface area contributed by atoms with Gasteiger partial charge in [-0.05, 0) is 48.0 Å². The van der Waals surface area contributed by atoms with Gasteiger partial charge in [-0.3, -0.25) is 9.59 Å². The van der Waals surface area contributed by atoms with Crippen molar-refractivity contribution in [3.63, 3.8) is 0 Å². The number of hydrogen-bond acceptors (Lipinski definition) is 4. The Bertz CT molecular complexity index is 1110. The van der Waals surface area contributed by atoms with Crippen LogP contribution >= 0.6 is 23.2 Å². The first-order valence-electron chi connectivity index (χ1n) is 9.48. The van der Waals surface area contributed by atoms with E-state index in [4.69, 9.17) is 32.7 Å². The smallest absolute Gasteiger partial charge is 0.261 e. The van der Waals surface area contributed by atoms with Crippen LogP contribution in [0.15, 0.2) is 72.3 Å². The maximum Gasteiger partial charge on any atom is 0.261 e. The first kappa shape index (κ1) is 23.2. The Labute approximate surface area is 195 Å². The molecule has 0 aliphatic rings. The van der Waals surface area contributed by atoms with Crippen molar-refractivity contribution in [3.05, 3.63) is 87.9 Å². The Morgan fingerprint density at radius 3 is 1.75 bits per heavy atom. The topological polar surface area (TPSA) is 76.7 Å². The number of methoxy groups -OCH3 is 2. The molecule has 2 N–H and O–H groups in total. The van der Waals surface area contributed by atoms with Crippen LogP contribution in [0.1, 0.15) is 5.56 Å². The largest absolute Gasteiger partial charge is 0.495 e. The molecule has 3 aromatic carbocycles. The molecule has 0 bridgehead atoms. The van der Waals surface area contributed by atoms with Gasteiger partial charge < -0.3 is 20.1 Å². The molecular formula is C24H20Cl2N2O4. The monoisotopic (exact) mass is 470 g/mol. The third kappa shape index (κ3) is 5.60. The second-order valence-corrected chi connectivity index (χ2v) is 7.38. The fraction of sp³-hybridized carbons (Fsp3) is 0.0833. The van der Waals surface area contributed by atoms with Crippen LogP contribution in [0.4, 0.5) is 11.4 Å². The molecule has 0 saturated carbocycles. The van der Waals surface area contributed by atoms with Gasteiger partial charge in [0.1, 0.15) is 17.1 Å². The molecular weight excluding hydrogens is 451 g/mol. The second kappa shape index (κ2) is 10.7. The summed E-state index contributed by atoms with van der Waals surface area (Å²) < 4.78 is 10.6. The summed E-state index contributed by atoms with van der Waals surface area (Å²) in [7, 11) is 2.98. The van der Waals surface area contributed by atoms with Crippen molar-refractivity contribution in [2.75, 3.05) is 24.9 Å². The molecule has 0 aliphatic heterocycles. The molecule has 3 aromatic rings. The second-order valence-electron chi connectivity index (χ2n) is 6.53. The Kier molecular flexibility index (Phi) is 7.76. The van der Waals surface area contributed by atoms with Gasteiger partial charge in [0, 0.05) is 10.0 Å². The van der Waals surface area contributed by atoms with Crippen molar-refractivity contribution >= 4 is 52.5 Å². The standard InChI is InChI=1S/C24H20Cl2N2O4/c1-31-21-9-5-3-7-19(21)27-23(29)17(13-15-11-12-16(25)14-18(15)26)24(30)28-20-8-4-6-10-22(20)32-2/h3-14H,1-2H3,(H,27,29)(H,28,30). The molecule has 2 amide bonds. The summed E-state index contributed by atoms with van der Waals surface area (Å²) in [5.74, 6) is -0.384. The van der Waals surface area contributed by atoms with E-state index in [1.807, 2.05) is 0 Å². The number of para-hydroxylation sites is 4. The maximum absolute atomic E-state index is 13.2. The van der Waals surface area contributed by atoms with E-state index in [0.29, 0.717) is 38.5 Å². The number of benzene rings is 3. The van der Waals surface area contributed by atoms with Crippen LogP contribution in [0.5, 0.6) is 11.5 Å². The average molecular weight is 471 g/mol. The van der Waals surface area contributed by atoms with Crippen LogP contribution < -0.4 is 20.1 Å². The number of rotatable bonds is 7. The highest BCUT2D eigenvalue weighted by molar-refractivity contribution is 6.36. The number of amides is 2. The van der Waals surface area contributed by atoms with Crippen molar-refractivity contribution in [3.8, 4) is 11.5 Å². The van der Waals surface area contributed by atoms with Gasteiger partial charge in [0.05, 0.1) is 25.6 Å². The summed E-state index contributed by atoms with van der Waals surface area (Å²) >= 11 is 12.2. The predicted molar refractivity (Wildman–Crippen MR) is 128 cm³/mol. The highest BCUT2D eigenvalue weighted by atomic mass is 35.5. The van der Waals surface area contributed by atoms with Gasteiger partial charge in [-0.25, -0.2) is 0 Å². The minimum atomic E-state index is -0.645. The molecule has 8 heteroatoms. The lowest BCUT2D eigenvalue weighted by Crippen LogP contribution is -2.25. The van der Waals surface area contributed by atoms with E-state index in [2.05, 4.69) is 10.6 Å². The number of halogens is 2. The number of carbonyl (C=O) groups excluding carboxylic acids is 2. The molecule has 0 heterocycles. The molecule has 6 nitrogen and oxygen atoms in total. The van der Waals surface area contributed by atoms with E-state index < -0.39 is 11.8 Å². The Balaban J connectivity index is 1.99. The van der Waals surface area contributed by atoms with E-state index in [0.717, 1.165) is 0 Å². The lowest BCUT2D eigenvalue weighted by molar-refractivity contribution is -0.118. The maximum atomic E-state index is 13.2. The first-order chi connectivity index (χ1) is 15.4. The summed E-state index contributed by atoms with van der Waals surface area (Å²) in [6, 6.07) is 18.5. The van der Waals surface area contributed by atoms with E-state index in [9.17, 15) is 9.59 Å². The first-order valence-corrected chi connectivity index (χ1v) is 10.2. The molecule has 164 valence electrons. The molecule has 0 saturated heterocycles. The van der Waals surface area contributed by atoms with Crippen LogP contribution in [-0.2, 0) is 9.59 Å². The lowest BCUT2D eigenvalue weighted by Gasteiger charge is -2.14. The van der Waals surface area contributed by atoms with E-state index in [1.54, 1.807) is 60.7 Å². The normalized spacial score (nSPS) is 10.1. The number of anilines is 2. The molecule has 0 aliphatic carbocycles. The van der Waals surface area contributed by atoms with Crippen molar-refractivity contribution in [2.24, 2.45) is 0 Å². The lowest BCUT2D eigenvalue weighted by atomic mass is 10.1. The van der Waals surface area contributed by atoms with Crippen LogP contribution in [0.2, 0.25) is 10.0 Å². The quantitative estimate of drug-likeness (QED) is 0.265. The Morgan fingerprint density at radius 2 is 1.28 bits per heavy atom. The minimum Gasteiger partial charge on any atom is -0.495 e. The molecule has 0 spiro atoms. The fourth-order valence-electron chi connectivity index (χ4n) is 2.88. The SMILES string of the molecule is COc1ccccc1NC(=O)C(=Cc1ccc(Cl)cc1Cl)C(=O)Nc1ccccc1OC. The number of carbonyl (C=O) groups is 2. The fourth-order valence-corrected chi connectivity index (χ4v) is 3.35. The van der Waals surface area contributed by atoms with Gasteiger partial charge in [0.15, 0.2) is 0 Å². The molecule has 0 atom stereocenters. The third-order valence-electron chi connectivity index (χ3n) is 4.46. The highest BCUT2D eigenvalue weighted by Crippen LogP contribution is 2.28. The van der Waals surface area contributed by atoms with E-state index >= 15 is 0 Å². The van der Waals surface area contributed by atoms with Gasteiger partial charge in [-0.1, -0.05) is 53.5 Å². The molecule has 0 unspecified atom stereocenters. The predicted octanol–water partition coefficient (Wildman–Crippen LogP) is 5.67. The Morgan fingerprint density at radius 1 is 0.781 bits per heavy atom. The highest BCUT2D eigenvalue weighted by Gasteiger charge is 2.21. The van der Waals surface area contributed by atoms with E-state index in [1.165, 1.54) is 26.4 Å². The molecule has 0 aromatic heterocycles. The zero-order chi connectivity index (χ0) is 23.1.